The Morgan fingerprint density at radius 3 is 2.40 bits per heavy atom. The second-order valence-electron chi connectivity index (χ2n) is 3.33. The van der Waals surface area contributed by atoms with Crippen molar-refractivity contribution in [3.05, 3.63) is 0 Å². The van der Waals surface area contributed by atoms with E-state index in [2.05, 4.69) is 0 Å². The van der Waals surface area contributed by atoms with E-state index >= 15 is 0 Å². The van der Waals surface area contributed by atoms with Crippen molar-refractivity contribution in [1.82, 2.24) is 4.31 Å². The minimum Gasteiger partial charge on any atom is -0.380 e. The van der Waals surface area contributed by atoms with Crippen LogP contribution in [0.1, 0.15) is 20.3 Å². The highest BCUT2D eigenvalue weighted by molar-refractivity contribution is 7.89. The molecule has 92 valence electrons. The molecule has 1 atom stereocenters. The Labute approximate surface area is 92.6 Å². The first-order valence-corrected chi connectivity index (χ1v) is 6.73. The molecule has 0 aliphatic carbocycles. The van der Waals surface area contributed by atoms with Crippen molar-refractivity contribution in [2.24, 2.45) is 5.73 Å². The maximum absolute atomic E-state index is 11.9. The minimum absolute atomic E-state index is 0.164. The van der Waals surface area contributed by atoms with Gasteiger partial charge >= 0.3 is 0 Å². The molecule has 0 spiro atoms. The van der Waals surface area contributed by atoms with Gasteiger partial charge in [0.05, 0.1) is 11.9 Å². The Kier molecular flexibility index (Phi) is 7.08. The van der Waals surface area contributed by atoms with Crippen LogP contribution in [0.15, 0.2) is 0 Å². The molecule has 0 aliphatic rings. The Morgan fingerprint density at radius 2 is 2.00 bits per heavy atom. The maximum atomic E-state index is 11.9. The molecule has 0 radical (unpaired) electrons. The summed E-state index contributed by atoms with van der Waals surface area (Å²) in [6, 6.07) is 0. The van der Waals surface area contributed by atoms with Crippen LogP contribution in [0.25, 0.3) is 0 Å². The van der Waals surface area contributed by atoms with Gasteiger partial charge in [0.25, 0.3) is 0 Å². The molecule has 6 heteroatoms. The number of hydrogen-bond acceptors (Lipinski definition) is 4. The number of likely N-dealkylation sites (N-methyl/N-ethyl adjacent to an activating group) is 1. The highest BCUT2D eigenvalue weighted by Gasteiger charge is 2.26. The van der Waals surface area contributed by atoms with E-state index in [1.807, 2.05) is 13.8 Å². The zero-order valence-electron chi connectivity index (χ0n) is 9.77. The molecule has 0 fully saturated rings. The number of ether oxygens (including phenoxy) is 1. The summed E-state index contributed by atoms with van der Waals surface area (Å²) >= 11 is 0. The molecule has 1 unspecified atom stereocenters. The van der Waals surface area contributed by atoms with Crippen LogP contribution in [0.2, 0.25) is 0 Å². The van der Waals surface area contributed by atoms with Crippen LogP contribution in [-0.2, 0) is 14.8 Å². The van der Waals surface area contributed by atoms with Gasteiger partial charge in [0, 0.05) is 26.7 Å². The van der Waals surface area contributed by atoms with Crippen LogP contribution in [-0.4, -0.2) is 51.3 Å². The van der Waals surface area contributed by atoms with E-state index in [0.29, 0.717) is 26.2 Å². The Balaban J connectivity index is 4.31. The van der Waals surface area contributed by atoms with E-state index in [0.717, 1.165) is 0 Å². The fourth-order valence-corrected chi connectivity index (χ4v) is 2.72. The summed E-state index contributed by atoms with van der Waals surface area (Å²) in [5.74, 6) is 0. The van der Waals surface area contributed by atoms with Crippen molar-refractivity contribution in [2.75, 3.05) is 33.4 Å². The molecule has 0 aliphatic heterocycles. The lowest BCUT2D eigenvalue weighted by Gasteiger charge is -2.22. The summed E-state index contributed by atoms with van der Waals surface area (Å²) in [7, 11) is -1.69. The topological polar surface area (TPSA) is 72.6 Å². The molecule has 15 heavy (non-hydrogen) atoms. The third-order valence-electron chi connectivity index (χ3n) is 2.33. The lowest BCUT2D eigenvalue weighted by atomic mass is 10.3. The van der Waals surface area contributed by atoms with Gasteiger partial charge < -0.3 is 10.5 Å². The van der Waals surface area contributed by atoms with Gasteiger partial charge in [0.2, 0.25) is 10.0 Å². The third kappa shape index (κ3) is 4.46. The lowest BCUT2D eigenvalue weighted by Crippen LogP contribution is -2.41. The first kappa shape index (κ1) is 14.8. The second kappa shape index (κ2) is 7.16. The molecule has 0 saturated heterocycles. The summed E-state index contributed by atoms with van der Waals surface area (Å²) in [6.07, 6.45) is 0.539. The number of nitrogens with zero attached hydrogens (tertiary/aromatic N) is 1. The molecule has 0 heterocycles. The zero-order valence-corrected chi connectivity index (χ0v) is 10.6. The van der Waals surface area contributed by atoms with Crippen molar-refractivity contribution in [1.29, 1.82) is 0 Å². The van der Waals surface area contributed by atoms with Crippen molar-refractivity contribution in [3.63, 3.8) is 0 Å². The van der Waals surface area contributed by atoms with Gasteiger partial charge in [-0.3, -0.25) is 0 Å². The quantitative estimate of drug-likeness (QED) is 0.605. The fourth-order valence-electron chi connectivity index (χ4n) is 1.22. The fraction of sp³-hybridized carbons (Fsp3) is 1.00. The second-order valence-corrected chi connectivity index (χ2v) is 5.65. The Bertz CT molecular complexity index is 250. The molecular weight excluding hydrogens is 216 g/mol. The van der Waals surface area contributed by atoms with Gasteiger partial charge in [-0.2, -0.15) is 0 Å². The number of rotatable bonds is 8. The molecular formula is C9H22N2O3S. The normalized spacial score (nSPS) is 14.5. The van der Waals surface area contributed by atoms with Crippen LogP contribution in [0.4, 0.5) is 0 Å². The average molecular weight is 238 g/mol. The van der Waals surface area contributed by atoms with E-state index in [1.165, 1.54) is 4.31 Å². The molecule has 0 saturated carbocycles. The molecule has 0 aromatic heterocycles. The van der Waals surface area contributed by atoms with Gasteiger partial charge in [-0.1, -0.05) is 6.92 Å². The molecule has 0 aromatic rings. The van der Waals surface area contributed by atoms with Gasteiger partial charge in [0.15, 0.2) is 0 Å². The number of nitrogens with two attached hydrogens (primary N) is 1. The first-order chi connectivity index (χ1) is 7.00. The molecule has 0 aromatic carbocycles. The Hall–Kier alpha value is -0.170. The smallest absolute Gasteiger partial charge is 0.218 e. The first-order valence-electron chi connectivity index (χ1n) is 5.23. The summed E-state index contributed by atoms with van der Waals surface area (Å²) in [4.78, 5) is 0. The maximum Gasteiger partial charge on any atom is 0.218 e. The summed E-state index contributed by atoms with van der Waals surface area (Å²) in [5.41, 5.74) is 5.42. The third-order valence-corrected chi connectivity index (χ3v) is 4.75. The summed E-state index contributed by atoms with van der Waals surface area (Å²) in [6.45, 7) is 5.27. The summed E-state index contributed by atoms with van der Waals surface area (Å²) < 4.78 is 30.2. The van der Waals surface area contributed by atoms with Gasteiger partial charge in [0.1, 0.15) is 0 Å². The standard InChI is InChI=1S/C9H22N2O3S/c1-4-9(8-10)15(12,13)11(3)6-7-14-5-2/h9H,4-8,10H2,1-3H3. The molecule has 5 nitrogen and oxygen atoms in total. The largest absolute Gasteiger partial charge is 0.380 e. The lowest BCUT2D eigenvalue weighted by molar-refractivity contribution is 0.138. The zero-order chi connectivity index (χ0) is 11.9. The van der Waals surface area contributed by atoms with Gasteiger partial charge in [-0.05, 0) is 13.3 Å². The van der Waals surface area contributed by atoms with E-state index < -0.39 is 15.3 Å². The molecule has 0 bridgehead atoms. The van der Waals surface area contributed by atoms with Crippen LogP contribution < -0.4 is 5.73 Å². The van der Waals surface area contributed by atoms with Gasteiger partial charge in [-0.15, -0.1) is 0 Å². The molecule has 0 rings (SSSR count). The predicted octanol–water partition coefficient (Wildman–Crippen LogP) is 0.0218. The average Bonchev–Trinajstić information content (AvgIpc) is 2.19. The summed E-state index contributed by atoms with van der Waals surface area (Å²) in [5, 5.41) is -0.482. The van der Waals surface area contributed by atoms with Gasteiger partial charge in [-0.25, -0.2) is 12.7 Å². The van der Waals surface area contributed by atoms with Crippen molar-refractivity contribution in [3.8, 4) is 0 Å². The van der Waals surface area contributed by atoms with E-state index in [1.54, 1.807) is 7.05 Å². The SMILES string of the molecule is CCOCCN(C)S(=O)(=O)C(CC)CN. The van der Waals surface area contributed by atoms with Crippen molar-refractivity contribution in [2.45, 2.75) is 25.5 Å². The van der Waals surface area contributed by atoms with Crippen LogP contribution in [0, 0.1) is 0 Å². The monoisotopic (exact) mass is 238 g/mol. The highest BCUT2D eigenvalue weighted by atomic mass is 32.2. The Morgan fingerprint density at radius 1 is 1.40 bits per heavy atom. The van der Waals surface area contributed by atoms with Crippen molar-refractivity contribution < 1.29 is 13.2 Å². The van der Waals surface area contributed by atoms with Crippen LogP contribution in [0.3, 0.4) is 0 Å². The number of sulfonamides is 1. The van der Waals surface area contributed by atoms with Crippen LogP contribution >= 0.6 is 0 Å². The van der Waals surface area contributed by atoms with E-state index in [-0.39, 0.29) is 6.54 Å². The van der Waals surface area contributed by atoms with Crippen LogP contribution in [0.5, 0.6) is 0 Å². The predicted molar refractivity (Wildman–Crippen MR) is 61.2 cm³/mol. The minimum atomic E-state index is -3.25. The molecule has 0 amide bonds. The van der Waals surface area contributed by atoms with E-state index in [4.69, 9.17) is 10.5 Å². The molecule has 2 N–H and O–H groups in total. The highest BCUT2D eigenvalue weighted by Crippen LogP contribution is 2.09. The van der Waals surface area contributed by atoms with E-state index in [9.17, 15) is 8.42 Å². The number of hydrogen-bond donors (Lipinski definition) is 1. The van der Waals surface area contributed by atoms with Crippen molar-refractivity contribution >= 4 is 10.0 Å².